The fourth-order valence-corrected chi connectivity index (χ4v) is 3.84. The monoisotopic (exact) mass is 455 g/mol. The normalized spacial score (nSPS) is 11.2. The lowest BCUT2D eigenvalue weighted by Gasteiger charge is -2.13. The maximum Gasteiger partial charge on any atom is 0.332 e. The molecule has 2 aromatic heterocycles. The van der Waals surface area contributed by atoms with Crippen molar-refractivity contribution in [2.45, 2.75) is 32.9 Å². The van der Waals surface area contributed by atoms with Crippen molar-refractivity contribution in [3.63, 3.8) is 0 Å². The van der Waals surface area contributed by atoms with E-state index in [0.717, 1.165) is 11.0 Å². The third-order valence-electron chi connectivity index (χ3n) is 5.21. The zero-order chi connectivity index (χ0) is 22.8. The molecule has 4 aromatic rings. The lowest BCUT2D eigenvalue weighted by Crippen LogP contribution is -2.41. The molecule has 0 aliphatic rings. The maximum absolute atomic E-state index is 13.3. The number of halogens is 1. The van der Waals surface area contributed by atoms with Crippen LogP contribution in [0.1, 0.15) is 19.8 Å². The first kappa shape index (κ1) is 21.7. The molecule has 0 aliphatic carbocycles. The van der Waals surface area contributed by atoms with Crippen LogP contribution in [0.25, 0.3) is 22.1 Å². The van der Waals surface area contributed by atoms with Gasteiger partial charge in [-0.15, -0.1) is 0 Å². The number of ether oxygens (including phenoxy) is 1. The number of unbranched alkanes of at least 4 members (excludes halogenated alkanes) is 1. The standard InChI is InChI=1S/C23H22ClN3O5/c1-3-4-11-26-22(29)21-20(15-7-5-6-8-17(15)32-21)27(23(26)30)13-19(28)25-16-12-14(24)9-10-18(16)31-2/h5-10,12H,3-4,11,13H2,1-2H3,(H,25,28). The lowest BCUT2D eigenvalue weighted by atomic mass is 10.2. The number of nitrogens with one attached hydrogen (secondary N) is 1. The highest BCUT2D eigenvalue weighted by atomic mass is 35.5. The van der Waals surface area contributed by atoms with Gasteiger partial charge in [0.05, 0.1) is 12.8 Å². The predicted molar refractivity (Wildman–Crippen MR) is 124 cm³/mol. The van der Waals surface area contributed by atoms with E-state index in [0.29, 0.717) is 39.4 Å². The van der Waals surface area contributed by atoms with Crippen molar-refractivity contribution < 1.29 is 13.9 Å². The predicted octanol–water partition coefficient (Wildman–Crippen LogP) is 4.01. The van der Waals surface area contributed by atoms with E-state index >= 15 is 0 Å². The number of methoxy groups -OCH3 is 1. The molecule has 0 saturated heterocycles. The molecule has 0 fully saturated rings. The number of furan rings is 1. The highest BCUT2D eigenvalue weighted by Gasteiger charge is 2.21. The van der Waals surface area contributed by atoms with Gasteiger partial charge in [0.25, 0.3) is 5.56 Å². The third kappa shape index (κ3) is 3.89. The summed E-state index contributed by atoms with van der Waals surface area (Å²) in [6.07, 6.45) is 1.45. The van der Waals surface area contributed by atoms with Gasteiger partial charge < -0.3 is 14.5 Å². The Morgan fingerprint density at radius 3 is 2.69 bits per heavy atom. The van der Waals surface area contributed by atoms with Crippen LogP contribution >= 0.6 is 11.6 Å². The van der Waals surface area contributed by atoms with Gasteiger partial charge in [0.15, 0.2) is 0 Å². The van der Waals surface area contributed by atoms with E-state index in [1.165, 1.54) is 11.7 Å². The fraction of sp³-hybridized carbons (Fsp3) is 0.261. The van der Waals surface area contributed by atoms with E-state index in [-0.39, 0.29) is 18.7 Å². The Morgan fingerprint density at radius 2 is 1.94 bits per heavy atom. The zero-order valence-electron chi connectivity index (χ0n) is 17.7. The SMILES string of the molecule is CCCCn1c(=O)c2oc3ccccc3c2n(CC(=O)Nc2cc(Cl)ccc2OC)c1=O. The minimum Gasteiger partial charge on any atom is -0.495 e. The number of fused-ring (bicyclic) bond motifs is 3. The average molecular weight is 456 g/mol. The van der Waals surface area contributed by atoms with Crippen LogP contribution in [-0.2, 0) is 17.9 Å². The van der Waals surface area contributed by atoms with Gasteiger partial charge >= 0.3 is 5.69 Å². The first-order valence-corrected chi connectivity index (χ1v) is 10.6. The number of hydrogen-bond acceptors (Lipinski definition) is 5. The summed E-state index contributed by atoms with van der Waals surface area (Å²) < 4.78 is 13.5. The highest BCUT2D eigenvalue weighted by molar-refractivity contribution is 6.31. The van der Waals surface area contributed by atoms with Crippen LogP contribution in [-0.4, -0.2) is 22.2 Å². The molecule has 0 saturated carbocycles. The number of carbonyl (C=O) groups is 1. The zero-order valence-corrected chi connectivity index (χ0v) is 18.4. The van der Waals surface area contributed by atoms with Crippen molar-refractivity contribution in [1.29, 1.82) is 0 Å². The van der Waals surface area contributed by atoms with Crippen molar-refractivity contribution in [3.8, 4) is 5.75 Å². The number of carbonyl (C=O) groups excluding carboxylic acids is 1. The van der Waals surface area contributed by atoms with Crippen LogP contribution in [0.4, 0.5) is 5.69 Å². The molecule has 0 radical (unpaired) electrons. The number of nitrogens with zero attached hydrogens (tertiary/aromatic N) is 2. The molecular weight excluding hydrogens is 434 g/mol. The molecule has 0 aliphatic heterocycles. The highest BCUT2D eigenvalue weighted by Crippen LogP contribution is 2.28. The number of amides is 1. The number of hydrogen-bond donors (Lipinski definition) is 1. The second kappa shape index (κ2) is 8.92. The van der Waals surface area contributed by atoms with E-state index < -0.39 is 17.2 Å². The number of benzene rings is 2. The Bertz CT molecular complexity index is 1430. The maximum atomic E-state index is 13.3. The molecule has 0 unspecified atom stereocenters. The Labute approximate surface area is 188 Å². The topological polar surface area (TPSA) is 95.5 Å². The van der Waals surface area contributed by atoms with Gasteiger partial charge in [-0.2, -0.15) is 0 Å². The summed E-state index contributed by atoms with van der Waals surface area (Å²) in [5.74, 6) is -0.0399. The van der Waals surface area contributed by atoms with Crippen LogP contribution in [0.3, 0.4) is 0 Å². The first-order chi connectivity index (χ1) is 15.4. The third-order valence-corrected chi connectivity index (χ3v) is 5.45. The van der Waals surface area contributed by atoms with Gasteiger partial charge in [0.1, 0.15) is 23.4 Å². The smallest absolute Gasteiger partial charge is 0.332 e. The molecule has 4 rings (SSSR count). The first-order valence-electron chi connectivity index (χ1n) is 10.2. The van der Waals surface area contributed by atoms with Gasteiger partial charge in [0.2, 0.25) is 11.5 Å². The second-order valence-electron chi connectivity index (χ2n) is 7.35. The summed E-state index contributed by atoms with van der Waals surface area (Å²) in [4.78, 5) is 39.2. The number of para-hydroxylation sites is 1. The molecule has 0 bridgehead atoms. The molecule has 9 heteroatoms. The van der Waals surface area contributed by atoms with Crippen molar-refractivity contribution in [2.75, 3.05) is 12.4 Å². The second-order valence-corrected chi connectivity index (χ2v) is 7.78. The Balaban J connectivity index is 1.84. The molecule has 166 valence electrons. The quantitative estimate of drug-likeness (QED) is 0.454. The molecule has 0 atom stereocenters. The van der Waals surface area contributed by atoms with Crippen molar-refractivity contribution in [2.24, 2.45) is 0 Å². The molecule has 1 N–H and O–H groups in total. The van der Waals surface area contributed by atoms with Gasteiger partial charge in [-0.25, -0.2) is 4.79 Å². The van der Waals surface area contributed by atoms with Gasteiger partial charge in [-0.1, -0.05) is 37.1 Å². The largest absolute Gasteiger partial charge is 0.495 e. The van der Waals surface area contributed by atoms with E-state index in [1.54, 1.807) is 42.5 Å². The van der Waals surface area contributed by atoms with Crippen LogP contribution in [0.5, 0.6) is 5.75 Å². The van der Waals surface area contributed by atoms with E-state index in [9.17, 15) is 14.4 Å². The number of rotatable bonds is 7. The van der Waals surface area contributed by atoms with Crippen molar-refractivity contribution >= 4 is 45.3 Å². The molecule has 2 aromatic carbocycles. The molecule has 8 nitrogen and oxygen atoms in total. The average Bonchev–Trinajstić information content (AvgIpc) is 3.17. The Kier molecular flexibility index (Phi) is 6.05. The van der Waals surface area contributed by atoms with Gasteiger partial charge in [-0.05, 0) is 36.8 Å². The summed E-state index contributed by atoms with van der Waals surface area (Å²) in [5.41, 5.74) is 0.147. The number of anilines is 1. The van der Waals surface area contributed by atoms with E-state index in [1.807, 2.05) is 6.92 Å². The minimum absolute atomic E-state index is 0.0510. The molecule has 0 spiro atoms. The van der Waals surface area contributed by atoms with Crippen LogP contribution in [0.15, 0.2) is 56.5 Å². The Morgan fingerprint density at radius 1 is 1.16 bits per heavy atom. The molecule has 2 heterocycles. The van der Waals surface area contributed by atoms with Crippen molar-refractivity contribution in [3.05, 3.63) is 68.3 Å². The minimum atomic E-state index is -0.560. The van der Waals surface area contributed by atoms with E-state index in [2.05, 4.69) is 5.32 Å². The lowest BCUT2D eigenvalue weighted by molar-refractivity contribution is -0.116. The van der Waals surface area contributed by atoms with E-state index in [4.69, 9.17) is 20.8 Å². The summed E-state index contributed by atoms with van der Waals surface area (Å²) >= 11 is 6.05. The summed E-state index contributed by atoms with van der Waals surface area (Å²) in [7, 11) is 1.48. The summed E-state index contributed by atoms with van der Waals surface area (Å²) in [5, 5.41) is 3.75. The molecular formula is C23H22ClN3O5. The van der Waals surface area contributed by atoms with Crippen LogP contribution < -0.4 is 21.3 Å². The van der Waals surface area contributed by atoms with Crippen LogP contribution in [0.2, 0.25) is 5.02 Å². The summed E-state index contributed by atoms with van der Waals surface area (Å²) in [6.45, 7) is 1.89. The van der Waals surface area contributed by atoms with Crippen molar-refractivity contribution in [1.82, 2.24) is 9.13 Å². The Hall–Kier alpha value is -3.52. The van der Waals surface area contributed by atoms with Gasteiger partial charge in [0, 0.05) is 17.0 Å². The number of aromatic nitrogens is 2. The van der Waals surface area contributed by atoms with Gasteiger partial charge in [-0.3, -0.25) is 18.7 Å². The molecule has 32 heavy (non-hydrogen) atoms. The summed E-state index contributed by atoms with van der Waals surface area (Å²) in [6, 6.07) is 11.9. The fourth-order valence-electron chi connectivity index (χ4n) is 3.67. The van der Waals surface area contributed by atoms with Crippen LogP contribution in [0, 0.1) is 0 Å². The molecule has 1 amide bonds.